The summed E-state index contributed by atoms with van der Waals surface area (Å²) >= 11 is 0. The maximum atomic E-state index is 10.2. The van der Waals surface area contributed by atoms with Crippen LogP contribution in [-0.2, 0) is 14.4 Å². The fourth-order valence-corrected chi connectivity index (χ4v) is 1.40. The highest BCUT2D eigenvalue weighted by Gasteiger charge is 2.05. The quantitative estimate of drug-likeness (QED) is 0.326. The van der Waals surface area contributed by atoms with Crippen molar-refractivity contribution in [3.63, 3.8) is 0 Å². The number of unbranched alkanes of at least 4 members (excludes halogenated alkanes) is 2. The molecule has 0 aromatic rings. The van der Waals surface area contributed by atoms with Gasteiger partial charge in [0.2, 0.25) is 18.2 Å². The molecule has 0 amide bonds. The van der Waals surface area contributed by atoms with Crippen LogP contribution in [0.2, 0.25) is 0 Å². The molecule has 0 saturated carbocycles. The normalized spacial score (nSPS) is 10.6. The molecule has 0 rings (SSSR count). The lowest BCUT2D eigenvalue weighted by Crippen LogP contribution is -2.06. The molecule has 0 aliphatic heterocycles. The molecule has 0 aromatic heterocycles. The van der Waals surface area contributed by atoms with E-state index >= 15 is 0 Å². The Kier molecular flexibility index (Phi) is 10.9. The summed E-state index contributed by atoms with van der Waals surface area (Å²) in [6, 6.07) is -0.140. The highest BCUT2D eigenvalue weighted by Crippen LogP contribution is 2.10. The molecule has 17 heavy (non-hydrogen) atoms. The zero-order valence-corrected chi connectivity index (χ0v) is 9.59. The van der Waals surface area contributed by atoms with Crippen molar-refractivity contribution in [1.29, 1.82) is 0 Å². The summed E-state index contributed by atoms with van der Waals surface area (Å²) in [5, 5.41) is 0. The van der Waals surface area contributed by atoms with Crippen LogP contribution < -0.4 is 0 Å². The summed E-state index contributed by atoms with van der Waals surface area (Å²) in [6.45, 7) is 0.815. The summed E-state index contributed by atoms with van der Waals surface area (Å²) in [5.41, 5.74) is 0. The van der Waals surface area contributed by atoms with Crippen molar-refractivity contribution < 1.29 is 14.4 Å². The van der Waals surface area contributed by atoms with Crippen molar-refractivity contribution >= 4 is 18.2 Å². The second-order valence-corrected chi connectivity index (χ2v) is 3.46. The molecule has 1 unspecified atom stereocenters. The maximum absolute atomic E-state index is 10.2. The van der Waals surface area contributed by atoms with Crippen molar-refractivity contribution in [1.82, 2.24) is 0 Å². The lowest BCUT2D eigenvalue weighted by molar-refractivity contribution is 0.514. The average molecular weight is 237 g/mol. The Morgan fingerprint density at radius 2 is 1.47 bits per heavy atom. The SMILES string of the molecule is O=C=NCCCCCC(CCN=C=O)N=C=O. The van der Waals surface area contributed by atoms with Gasteiger partial charge in [-0.15, -0.1) is 0 Å². The summed E-state index contributed by atoms with van der Waals surface area (Å²) in [5.74, 6) is 0. The van der Waals surface area contributed by atoms with Crippen molar-refractivity contribution in [2.75, 3.05) is 13.1 Å². The molecule has 0 bridgehead atoms. The number of isocyanates is 3. The predicted octanol–water partition coefficient (Wildman–Crippen LogP) is 1.31. The Hall–Kier alpha value is -1.86. The highest BCUT2D eigenvalue weighted by atomic mass is 16.1. The first-order valence-corrected chi connectivity index (χ1v) is 5.49. The molecule has 6 nitrogen and oxygen atoms in total. The van der Waals surface area contributed by atoms with Gasteiger partial charge in [0.25, 0.3) is 0 Å². The molecule has 0 saturated heterocycles. The van der Waals surface area contributed by atoms with Gasteiger partial charge >= 0.3 is 0 Å². The molecular formula is C11H15N3O3. The topological polar surface area (TPSA) is 88.3 Å². The molecular weight excluding hydrogens is 222 g/mol. The number of aliphatic imine (C=N–C) groups is 3. The van der Waals surface area contributed by atoms with Gasteiger partial charge in [0.15, 0.2) is 0 Å². The van der Waals surface area contributed by atoms with Crippen molar-refractivity contribution in [3.05, 3.63) is 0 Å². The van der Waals surface area contributed by atoms with Crippen LogP contribution in [0.1, 0.15) is 32.1 Å². The molecule has 0 radical (unpaired) electrons. The van der Waals surface area contributed by atoms with Crippen LogP contribution >= 0.6 is 0 Å². The first kappa shape index (κ1) is 15.1. The van der Waals surface area contributed by atoms with Gasteiger partial charge in [-0.2, -0.15) is 0 Å². The van der Waals surface area contributed by atoms with Gasteiger partial charge in [0.05, 0.1) is 19.1 Å². The summed E-state index contributed by atoms with van der Waals surface area (Å²) < 4.78 is 0. The Morgan fingerprint density at radius 1 is 0.765 bits per heavy atom. The van der Waals surface area contributed by atoms with Crippen LogP contribution in [0.5, 0.6) is 0 Å². The zero-order chi connectivity index (χ0) is 12.8. The number of nitrogens with zero attached hydrogens (tertiary/aromatic N) is 3. The van der Waals surface area contributed by atoms with Crippen LogP contribution in [0.25, 0.3) is 0 Å². The van der Waals surface area contributed by atoms with Crippen LogP contribution in [0.4, 0.5) is 0 Å². The average Bonchev–Trinajstić information content (AvgIpc) is 2.34. The van der Waals surface area contributed by atoms with Gasteiger partial charge in [-0.05, 0) is 19.3 Å². The van der Waals surface area contributed by atoms with Crippen molar-refractivity contribution in [3.8, 4) is 0 Å². The van der Waals surface area contributed by atoms with Crippen LogP contribution in [0.3, 0.4) is 0 Å². The van der Waals surface area contributed by atoms with Crippen LogP contribution in [-0.4, -0.2) is 37.4 Å². The lowest BCUT2D eigenvalue weighted by Gasteiger charge is -2.07. The van der Waals surface area contributed by atoms with E-state index in [1.54, 1.807) is 0 Å². The zero-order valence-electron chi connectivity index (χ0n) is 9.59. The molecule has 0 aliphatic rings. The molecule has 0 fully saturated rings. The largest absolute Gasteiger partial charge is 0.235 e. The third-order valence-electron chi connectivity index (χ3n) is 2.25. The van der Waals surface area contributed by atoms with E-state index in [9.17, 15) is 14.4 Å². The fourth-order valence-electron chi connectivity index (χ4n) is 1.40. The fraction of sp³-hybridized carbons (Fsp3) is 0.727. The maximum Gasteiger partial charge on any atom is 0.235 e. The third-order valence-corrected chi connectivity index (χ3v) is 2.25. The van der Waals surface area contributed by atoms with E-state index < -0.39 is 0 Å². The van der Waals surface area contributed by atoms with Gasteiger partial charge in [-0.1, -0.05) is 12.8 Å². The Labute approximate surface area is 99.6 Å². The first-order valence-electron chi connectivity index (χ1n) is 5.49. The van der Waals surface area contributed by atoms with Crippen molar-refractivity contribution in [2.24, 2.45) is 15.0 Å². The number of rotatable bonds is 10. The monoisotopic (exact) mass is 237 g/mol. The summed E-state index contributed by atoms with van der Waals surface area (Å²) in [4.78, 5) is 40.3. The van der Waals surface area contributed by atoms with Gasteiger partial charge in [0, 0.05) is 0 Å². The lowest BCUT2D eigenvalue weighted by atomic mass is 10.1. The molecule has 0 aromatic carbocycles. The Morgan fingerprint density at radius 3 is 2.12 bits per heavy atom. The number of hydrogen-bond donors (Lipinski definition) is 0. The second kappa shape index (κ2) is 12.2. The smallest absolute Gasteiger partial charge is 0.211 e. The van der Waals surface area contributed by atoms with E-state index in [1.165, 1.54) is 18.2 Å². The molecule has 6 heteroatoms. The number of carbonyl (C=O) groups excluding carboxylic acids is 3. The summed E-state index contributed by atoms with van der Waals surface area (Å²) in [7, 11) is 0. The molecule has 1 atom stereocenters. The van der Waals surface area contributed by atoms with Gasteiger partial charge in [-0.25, -0.2) is 29.4 Å². The number of hydrogen-bond acceptors (Lipinski definition) is 6. The van der Waals surface area contributed by atoms with Crippen LogP contribution in [0, 0.1) is 0 Å². The van der Waals surface area contributed by atoms with E-state index in [4.69, 9.17) is 0 Å². The van der Waals surface area contributed by atoms with Gasteiger partial charge in [0.1, 0.15) is 0 Å². The van der Waals surface area contributed by atoms with Gasteiger partial charge < -0.3 is 0 Å². The summed E-state index contributed by atoms with van der Waals surface area (Å²) in [6.07, 6.45) is 8.35. The van der Waals surface area contributed by atoms with E-state index in [-0.39, 0.29) is 6.04 Å². The standard InChI is InChI=1S/C11H15N3O3/c15-8-12-6-3-1-2-4-11(14-10-17)5-7-13-9-16/h11H,1-7H2. The van der Waals surface area contributed by atoms with E-state index in [0.717, 1.165) is 25.7 Å². The molecule has 0 aliphatic carbocycles. The van der Waals surface area contributed by atoms with E-state index in [0.29, 0.717) is 19.5 Å². The molecule has 92 valence electrons. The van der Waals surface area contributed by atoms with Crippen LogP contribution in [0.15, 0.2) is 15.0 Å². The van der Waals surface area contributed by atoms with E-state index in [2.05, 4.69) is 15.0 Å². The predicted molar refractivity (Wildman–Crippen MR) is 61.0 cm³/mol. The minimum atomic E-state index is -0.140. The Bertz CT molecular complexity index is 338. The van der Waals surface area contributed by atoms with E-state index in [1.807, 2.05) is 0 Å². The minimum Gasteiger partial charge on any atom is -0.211 e. The highest BCUT2D eigenvalue weighted by molar-refractivity contribution is 5.34. The second-order valence-electron chi connectivity index (χ2n) is 3.46. The Balaban J connectivity index is 3.72. The molecule has 0 heterocycles. The molecule has 0 N–H and O–H groups in total. The first-order chi connectivity index (χ1) is 8.35. The minimum absolute atomic E-state index is 0.140. The van der Waals surface area contributed by atoms with Crippen molar-refractivity contribution in [2.45, 2.75) is 38.1 Å². The van der Waals surface area contributed by atoms with Gasteiger partial charge in [-0.3, -0.25) is 0 Å². The molecule has 0 spiro atoms. The third kappa shape index (κ3) is 10.4.